The summed E-state index contributed by atoms with van der Waals surface area (Å²) in [6, 6.07) is 8.54. The molecule has 3 aromatic rings. The molecule has 196 valence electrons. The number of thioether (sulfide) groups is 1. The number of fused-ring (bicyclic) bond motifs is 2. The van der Waals surface area contributed by atoms with Crippen molar-refractivity contribution in [3.05, 3.63) is 81.9 Å². The van der Waals surface area contributed by atoms with Gasteiger partial charge in [0.05, 0.1) is 0 Å². The summed E-state index contributed by atoms with van der Waals surface area (Å²) in [5, 5.41) is 14.2. The fourth-order valence-corrected chi connectivity index (χ4v) is 6.52. The van der Waals surface area contributed by atoms with Gasteiger partial charge in [0.15, 0.2) is 0 Å². The summed E-state index contributed by atoms with van der Waals surface area (Å²) < 4.78 is 12.9. The van der Waals surface area contributed by atoms with E-state index in [1.807, 2.05) is 0 Å². The number of hydrogen-bond acceptors (Lipinski definition) is 6. The smallest absolute Gasteiger partial charge is 0.327 e. The highest BCUT2D eigenvalue weighted by Gasteiger charge is 2.64. The lowest BCUT2D eigenvalue weighted by atomic mass is 9.95. The number of benzene rings is 2. The van der Waals surface area contributed by atoms with E-state index in [4.69, 9.17) is 0 Å². The Labute approximate surface area is 219 Å². The molecule has 3 amide bonds. The number of H-pyrrole nitrogens is 1. The zero-order valence-electron chi connectivity index (χ0n) is 20.2. The molecule has 2 aliphatic rings. The summed E-state index contributed by atoms with van der Waals surface area (Å²) in [6.45, 7) is 3.45. The van der Waals surface area contributed by atoms with Crippen molar-refractivity contribution >= 4 is 46.4 Å². The highest BCUT2D eigenvalue weighted by Crippen LogP contribution is 2.50. The molecule has 0 unspecified atom stereocenters. The van der Waals surface area contributed by atoms with Gasteiger partial charge in [-0.15, -0.1) is 11.8 Å². The fourth-order valence-electron chi connectivity index (χ4n) is 4.90. The average Bonchev–Trinajstić information content (AvgIpc) is 3.14. The van der Waals surface area contributed by atoms with Crippen molar-refractivity contribution in [2.24, 2.45) is 0 Å². The minimum atomic E-state index is -1.28. The molecule has 4 atom stereocenters. The number of carboxylic acid groups (broad SMARTS) is 1. The maximum Gasteiger partial charge on any atom is 0.327 e. The molecular weight excluding hydrogens is 515 g/mol. The number of β-lactam (4-membered cyclic amide) rings is 1. The van der Waals surface area contributed by atoms with E-state index in [1.165, 1.54) is 35.0 Å². The van der Waals surface area contributed by atoms with Gasteiger partial charge in [-0.2, -0.15) is 0 Å². The number of aliphatic carboxylic acids is 1. The predicted octanol–water partition coefficient (Wildman–Crippen LogP) is 1.77. The number of rotatable bonds is 6. The van der Waals surface area contributed by atoms with E-state index < -0.39 is 63.2 Å². The van der Waals surface area contributed by atoms with Gasteiger partial charge in [-0.1, -0.05) is 30.3 Å². The van der Waals surface area contributed by atoms with Crippen LogP contribution >= 0.6 is 11.8 Å². The monoisotopic (exact) mass is 538 g/mol. The molecule has 1 aromatic heterocycles. The second-order valence-electron chi connectivity index (χ2n) is 9.62. The number of nitrogens with zero attached hydrogens (tertiary/aromatic N) is 1. The van der Waals surface area contributed by atoms with E-state index in [-0.39, 0.29) is 10.9 Å². The van der Waals surface area contributed by atoms with E-state index >= 15 is 0 Å². The molecule has 5 rings (SSSR count). The molecule has 38 heavy (non-hydrogen) atoms. The molecule has 10 nitrogen and oxygen atoms in total. The Balaban J connectivity index is 1.40. The molecule has 0 saturated carbocycles. The lowest BCUT2D eigenvalue weighted by Gasteiger charge is -2.44. The molecule has 3 heterocycles. The largest absolute Gasteiger partial charge is 0.480 e. The summed E-state index contributed by atoms with van der Waals surface area (Å²) in [5.41, 5.74) is -0.291. The highest BCUT2D eigenvalue weighted by molar-refractivity contribution is 8.01. The molecule has 2 fully saturated rings. The summed E-state index contributed by atoms with van der Waals surface area (Å²) in [6.07, 6.45) is 1.19. The predicted molar refractivity (Wildman–Crippen MR) is 137 cm³/mol. The van der Waals surface area contributed by atoms with Crippen molar-refractivity contribution < 1.29 is 28.7 Å². The standard InChI is InChI=1S/C26H23FN4O6S/c1-26(2)20(25(36)37)31-23(35)18(24(31)38-26)30-22(34)17(12-6-4-3-5-7-12)29-21(33)15-11-28-16-9-8-13(27)10-14(16)19(15)32/h3-11,17-18,20,24H,1-2H3,(H,28,32)(H,29,33)(H,30,34)(H,36,37)/t17-,18-,20+,24-/m1/s1. The first-order chi connectivity index (χ1) is 18.0. The van der Waals surface area contributed by atoms with Gasteiger partial charge in [-0.3, -0.25) is 19.2 Å². The molecule has 0 radical (unpaired) electrons. The van der Waals surface area contributed by atoms with Crippen LogP contribution in [0.1, 0.15) is 35.8 Å². The molecular formula is C26H23FN4O6S. The van der Waals surface area contributed by atoms with Crippen molar-refractivity contribution in [2.75, 3.05) is 0 Å². The molecule has 4 N–H and O–H groups in total. The maximum absolute atomic E-state index is 13.7. The molecule has 2 aliphatic heterocycles. The molecule has 2 saturated heterocycles. The summed E-state index contributed by atoms with van der Waals surface area (Å²) in [5.74, 6) is -3.87. The number of hydrogen-bond donors (Lipinski definition) is 4. The van der Waals surface area contributed by atoms with Crippen molar-refractivity contribution in [2.45, 2.75) is 42.1 Å². The topological polar surface area (TPSA) is 149 Å². The van der Waals surface area contributed by atoms with Gasteiger partial charge >= 0.3 is 5.97 Å². The second-order valence-corrected chi connectivity index (χ2v) is 11.4. The van der Waals surface area contributed by atoms with E-state index in [1.54, 1.807) is 44.2 Å². The highest BCUT2D eigenvalue weighted by atomic mass is 32.2. The zero-order chi connectivity index (χ0) is 27.4. The van der Waals surface area contributed by atoms with Gasteiger partial charge in [0.25, 0.3) is 5.91 Å². The van der Waals surface area contributed by atoms with E-state index in [9.17, 15) is 33.5 Å². The van der Waals surface area contributed by atoms with Crippen molar-refractivity contribution in [1.82, 2.24) is 20.5 Å². The third-order valence-corrected chi connectivity index (χ3v) is 8.30. The Morgan fingerprint density at radius 1 is 1.13 bits per heavy atom. The van der Waals surface area contributed by atoms with Crippen molar-refractivity contribution in [1.29, 1.82) is 0 Å². The van der Waals surface area contributed by atoms with Gasteiger partial charge in [0, 0.05) is 21.8 Å². The number of halogens is 1. The average molecular weight is 539 g/mol. The van der Waals surface area contributed by atoms with E-state index in [0.29, 0.717) is 11.1 Å². The zero-order valence-corrected chi connectivity index (χ0v) is 21.0. The first kappa shape index (κ1) is 25.5. The van der Waals surface area contributed by atoms with Crippen LogP contribution in [0, 0.1) is 5.82 Å². The second kappa shape index (κ2) is 9.28. The van der Waals surface area contributed by atoms with Crippen LogP contribution in [-0.2, 0) is 14.4 Å². The van der Waals surface area contributed by atoms with Crippen LogP contribution in [0.2, 0.25) is 0 Å². The number of carboxylic acids is 1. The van der Waals surface area contributed by atoms with Gasteiger partial charge in [-0.25, -0.2) is 9.18 Å². The fraction of sp³-hybridized carbons (Fsp3) is 0.269. The molecule has 0 aliphatic carbocycles. The van der Waals surface area contributed by atoms with Crippen LogP contribution < -0.4 is 16.1 Å². The first-order valence-corrected chi connectivity index (χ1v) is 12.6. The number of pyridine rings is 1. The number of carbonyl (C=O) groups is 4. The number of aromatic nitrogens is 1. The number of aromatic amines is 1. The Bertz CT molecular complexity index is 1540. The van der Waals surface area contributed by atoms with Crippen LogP contribution in [0.15, 0.2) is 59.5 Å². The van der Waals surface area contributed by atoms with Crippen LogP contribution in [0.3, 0.4) is 0 Å². The van der Waals surface area contributed by atoms with Crippen LogP contribution in [0.4, 0.5) is 4.39 Å². The van der Waals surface area contributed by atoms with Crippen LogP contribution in [0.25, 0.3) is 10.9 Å². The minimum absolute atomic E-state index is 0.0209. The summed E-state index contributed by atoms with van der Waals surface area (Å²) >= 11 is 1.28. The lowest BCUT2D eigenvalue weighted by Crippen LogP contribution is -2.71. The third-order valence-electron chi connectivity index (χ3n) is 6.73. The van der Waals surface area contributed by atoms with Crippen molar-refractivity contribution in [3.8, 4) is 0 Å². The minimum Gasteiger partial charge on any atom is -0.480 e. The maximum atomic E-state index is 13.7. The van der Waals surface area contributed by atoms with Gasteiger partial charge in [0.1, 0.15) is 34.9 Å². The van der Waals surface area contributed by atoms with Gasteiger partial charge in [-0.05, 0) is 37.6 Å². The first-order valence-electron chi connectivity index (χ1n) is 11.7. The third kappa shape index (κ3) is 4.20. The van der Waals surface area contributed by atoms with Crippen LogP contribution in [-0.4, -0.2) is 60.9 Å². The number of amides is 3. The molecule has 2 aromatic carbocycles. The van der Waals surface area contributed by atoms with Gasteiger partial charge in [0.2, 0.25) is 17.2 Å². The number of nitrogens with one attached hydrogen (secondary N) is 3. The lowest BCUT2D eigenvalue weighted by molar-refractivity contribution is -0.161. The Morgan fingerprint density at radius 2 is 1.84 bits per heavy atom. The molecule has 0 bridgehead atoms. The summed E-state index contributed by atoms with van der Waals surface area (Å²) in [7, 11) is 0. The normalized spacial score (nSPS) is 22.3. The Hall–Kier alpha value is -4.19. The number of carbonyl (C=O) groups excluding carboxylic acids is 3. The van der Waals surface area contributed by atoms with Gasteiger partial charge < -0.3 is 25.6 Å². The van der Waals surface area contributed by atoms with E-state index in [0.717, 1.165) is 6.07 Å². The van der Waals surface area contributed by atoms with Crippen molar-refractivity contribution in [3.63, 3.8) is 0 Å². The van der Waals surface area contributed by atoms with Crippen LogP contribution in [0.5, 0.6) is 0 Å². The Kier molecular flexibility index (Phi) is 6.22. The molecule has 0 spiro atoms. The molecule has 12 heteroatoms. The SMILES string of the molecule is CC1(C)S[C@@H]2[C@H](NC(=O)[C@H](NC(=O)c3c[nH]c4ccc(F)cc4c3=O)c3ccccc3)C(=O)N2[C@H]1C(=O)O. The summed E-state index contributed by atoms with van der Waals surface area (Å²) in [4.78, 5) is 68.1. The Morgan fingerprint density at radius 3 is 2.53 bits per heavy atom. The van der Waals surface area contributed by atoms with E-state index in [2.05, 4.69) is 15.6 Å². The quantitative estimate of drug-likeness (QED) is 0.350.